The van der Waals surface area contributed by atoms with Gasteiger partial charge in [-0.05, 0) is 38.0 Å². The lowest BCUT2D eigenvalue weighted by atomic mass is 10.0. The number of benzene rings is 1. The minimum atomic E-state index is -0.00510. The van der Waals surface area contributed by atoms with E-state index < -0.39 is 0 Å². The van der Waals surface area contributed by atoms with Gasteiger partial charge >= 0.3 is 0 Å². The molecule has 3 heteroatoms. The molecule has 0 saturated heterocycles. The van der Waals surface area contributed by atoms with Crippen molar-refractivity contribution in [2.75, 3.05) is 6.61 Å². The second kappa shape index (κ2) is 5.73. The summed E-state index contributed by atoms with van der Waals surface area (Å²) in [5.74, 6) is 0.283. The van der Waals surface area contributed by atoms with E-state index in [4.69, 9.17) is 15.6 Å². The Balaban J connectivity index is 2.50. The lowest BCUT2D eigenvalue weighted by Gasteiger charge is -2.19. The summed E-state index contributed by atoms with van der Waals surface area (Å²) in [6, 6.07) is 7.11. The SMILES string of the molecule is CCOC(C)C(N)Cc1ccc(O)cc1. The lowest BCUT2D eigenvalue weighted by Crippen LogP contribution is -2.36. The number of nitrogens with two attached hydrogens (primary N) is 1. The summed E-state index contributed by atoms with van der Waals surface area (Å²) in [6.45, 7) is 4.63. The standard InChI is InChI=1S/C12H19NO2/c1-3-15-9(2)12(13)8-10-4-6-11(14)7-5-10/h4-7,9,12,14H,3,8,13H2,1-2H3. The summed E-state index contributed by atoms with van der Waals surface area (Å²) in [4.78, 5) is 0. The molecule has 2 unspecified atom stereocenters. The number of aromatic hydroxyl groups is 1. The van der Waals surface area contributed by atoms with Crippen LogP contribution < -0.4 is 5.73 Å². The molecule has 0 aliphatic carbocycles. The normalized spacial score (nSPS) is 14.9. The molecule has 0 aromatic heterocycles. The molecule has 1 aromatic carbocycles. The van der Waals surface area contributed by atoms with Crippen LogP contribution in [0.25, 0.3) is 0 Å². The third kappa shape index (κ3) is 3.90. The van der Waals surface area contributed by atoms with E-state index in [0.717, 1.165) is 12.0 Å². The molecule has 0 aliphatic heterocycles. The summed E-state index contributed by atoms with van der Waals surface area (Å²) >= 11 is 0. The van der Waals surface area contributed by atoms with Gasteiger partial charge in [0.05, 0.1) is 6.10 Å². The molecule has 0 aliphatic rings. The predicted octanol–water partition coefficient (Wildman–Crippen LogP) is 1.69. The Labute approximate surface area is 90.9 Å². The van der Waals surface area contributed by atoms with Gasteiger partial charge in [-0.3, -0.25) is 0 Å². The van der Waals surface area contributed by atoms with E-state index in [9.17, 15) is 0 Å². The number of hydrogen-bond donors (Lipinski definition) is 2. The zero-order chi connectivity index (χ0) is 11.3. The molecule has 0 amide bonds. The van der Waals surface area contributed by atoms with Gasteiger partial charge in [-0.2, -0.15) is 0 Å². The van der Waals surface area contributed by atoms with E-state index in [1.165, 1.54) is 0 Å². The predicted molar refractivity (Wildman–Crippen MR) is 60.9 cm³/mol. The van der Waals surface area contributed by atoms with Crippen LogP contribution in [0.1, 0.15) is 19.4 Å². The van der Waals surface area contributed by atoms with Gasteiger partial charge < -0.3 is 15.6 Å². The van der Waals surface area contributed by atoms with Gasteiger partial charge in [-0.1, -0.05) is 12.1 Å². The monoisotopic (exact) mass is 209 g/mol. The van der Waals surface area contributed by atoms with Crippen molar-refractivity contribution >= 4 is 0 Å². The Kier molecular flexibility index (Phi) is 4.59. The first kappa shape index (κ1) is 12.0. The van der Waals surface area contributed by atoms with Gasteiger partial charge in [0, 0.05) is 12.6 Å². The van der Waals surface area contributed by atoms with Gasteiger partial charge in [-0.25, -0.2) is 0 Å². The van der Waals surface area contributed by atoms with Crippen molar-refractivity contribution in [3.63, 3.8) is 0 Å². The number of phenols is 1. The molecule has 3 nitrogen and oxygen atoms in total. The summed E-state index contributed by atoms with van der Waals surface area (Å²) in [5.41, 5.74) is 7.10. The van der Waals surface area contributed by atoms with Crippen LogP contribution in [0.15, 0.2) is 24.3 Å². The third-order valence-corrected chi connectivity index (χ3v) is 2.44. The molecule has 0 bridgehead atoms. The quantitative estimate of drug-likeness (QED) is 0.776. The van der Waals surface area contributed by atoms with Crippen molar-refractivity contribution in [1.29, 1.82) is 0 Å². The van der Waals surface area contributed by atoms with Gasteiger partial charge in [0.15, 0.2) is 0 Å². The van der Waals surface area contributed by atoms with Crippen molar-refractivity contribution in [3.8, 4) is 5.75 Å². The molecule has 0 saturated carbocycles. The molecule has 1 aromatic rings. The van der Waals surface area contributed by atoms with E-state index in [0.29, 0.717) is 6.61 Å². The average molecular weight is 209 g/mol. The van der Waals surface area contributed by atoms with Gasteiger partial charge in [-0.15, -0.1) is 0 Å². The highest BCUT2D eigenvalue weighted by molar-refractivity contribution is 5.26. The molecule has 0 radical (unpaired) electrons. The summed E-state index contributed by atoms with van der Waals surface area (Å²) in [7, 11) is 0. The number of phenolic OH excluding ortho intramolecular Hbond substituents is 1. The first-order valence-corrected chi connectivity index (χ1v) is 5.28. The molecule has 0 spiro atoms. The summed E-state index contributed by atoms with van der Waals surface area (Å²) < 4.78 is 5.43. The largest absolute Gasteiger partial charge is 0.508 e. The molecule has 2 atom stereocenters. The van der Waals surface area contributed by atoms with Gasteiger partial charge in [0.25, 0.3) is 0 Å². The van der Waals surface area contributed by atoms with Crippen LogP contribution in [-0.4, -0.2) is 23.9 Å². The molecular weight excluding hydrogens is 190 g/mol. The Hall–Kier alpha value is -1.06. The fourth-order valence-electron chi connectivity index (χ4n) is 1.46. The van der Waals surface area contributed by atoms with E-state index in [2.05, 4.69) is 0 Å². The lowest BCUT2D eigenvalue weighted by molar-refractivity contribution is 0.0577. The number of ether oxygens (including phenoxy) is 1. The minimum Gasteiger partial charge on any atom is -0.508 e. The van der Waals surface area contributed by atoms with Crippen LogP contribution in [0.3, 0.4) is 0 Å². The molecule has 15 heavy (non-hydrogen) atoms. The van der Waals surface area contributed by atoms with Crippen molar-refractivity contribution in [3.05, 3.63) is 29.8 Å². The fraction of sp³-hybridized carbons (Fsp3) is 0.500. The Morgan fingerprint density at radius 1 is 1.33 bits per heavy atom. The van der Waals surface area contributed by atoms with Crippen LogP contribution in [0.5, 0.6) is 5.75 Å². The van der Waals surface area contributed by atoms with Crippen LogP contribution >= 0.6 is 0 Å². The van der Waals surface area contributed by atoms with Crippen molar-refractivity contribution in [2.24, 2.45) is 5.73 Å². The molecule has 0 fully saturated rings. The highest BCUT2D eigenvalue weighted by atomic mass is 16.5. The van der Waals surface area contributed by atoms with Crippen LogP contribution in [0.2, 0.25) is 0 Å². The topological polar surface area (TPSA) is 55.5 Å². The minimum absolute atomic E-state index is 0.00510. The van der Waals surface area contributed by atoms with Gasteiger partial charge in [0.1, 0.15) is 5.75 Å². The van der Waals surface area contributed by atoms with Crippen LogP contribution in [-0.2, 0) is 11.2 Å². The van der Waals surface area contributed by atoms with Crippen LogP contribution in [0.4, 0.5) is 0 Å². The first-order valence-electron chi connectivity index (χ1n) is 5.28. The maximum absolute atomic E-state index is 9.13. The zero-order valence-electron chi connectivity index (χ0n) is 9.31. The van der Waals surface area contributed by atoms with E-state index in [1.807, 2.05) is 26.0 Å². The molecule has 0 heterocycles. The summed E-state index contributed by atoms with van der Waals surface area (Å²) in [5, 5.41) is 9.13. The van der Waals surface area contributed by atoms with Crippen molar-refractivity contribution in [1.82, 2.24) is 0 Å². The molecular formula is C12H19NO2. The highest BCUT2D eigenvalue weighted by Crippen LogP contribution is 2.12. The summed E-state index contributed by atoms with van der Waals surface area (Å²) in [6.07, 6.45) is 0.824. The van der Waals surface area contributed by atoms with Gasteiger partial charge in [0.2, 0.25) is 0 Å². The second-order valence-corrected chi connectivity index (χ2v) is 3.69. The smallest absolute Gasteiger partial charge is 0.115 e. The Morgan fingerprint density at radius 3 is 2.47 bits per heavy atom. The number of rotatable bonds is 5. The fourth-order valence-corrected chi connectivity index (χ4v) is 1.46. The maximum atomic E-state index is 9.13. The second-order valence-electron chi connectivity index (χ2n) is 3.69. The molecule has 1 rings (SSSR count). The number of hydrogen-bond acceptors (Lipinski definition) is 3. The van der Waals surface area contributed by atoms with E-state index in [1.54, 1.807) is 12.1 Å². The Morgan fingerprint density at radius 2 is 1.93 bits per heavy atom. The zero-order valence-corrected chi connectivity index (χ0v) is 9.31. The van der Waals surface area contributed by atoms with Crippen LogP contribution in [0, 0.1) is 0 Å². The molecule has 84 valence electrons. The van der Waals surface area contributed by atoms with E-state index >= 15 is 0 Å². The Bertz CT molecular complexity index is 284. The van der Waals surface area contributed by atoms with Crippen molar-refractivity contribution in [2.45, 2.75) is 32.4 Å². The third-order valence-electron chi connectivity index (χ3n) is 2.44. The van der Waals surface area contributed by atoms with Crippen molar-refractivity contribution < 1.29 is 9.84 Å². The molecule has 3 N–H and O–H groups in total. The maximum Gasteiger partial charge on any atom is 0.115 e. The first-order chi connectivity index (χ1) is 7.13. The van der Waals surface area contributed by atoms with E-state index in [-0.39, 0.29) is 17.9 Å². The highest BCUT2D eigenvalue weighted by Gasteiger charge is 2.12. The average Bonchev–Trinajstić information content (AvgIpc) is 2.22.